The summed E-state index contributed by atoms with van der Waals surface area (Å²) in [5.41, 5.74) is 4.14. The lowest BCUT2D eigenvalue weighted by atomic mass is 9.63. The van der Waals surface area contributed by atoms with Crippen molar-refractivity contribution in [1.29, 1.82) is 0 Å². The summed E-state index contributed by atoms with van der Waals surface area (Å²) in [4.78, 5) is 29.8. The van der Waals surface area contributed by atoms with E-state index in [-0.39, 0.29) is 34.8 Å². The molecule has 7 heteroatoms. The van der Waals surface area contributed by atoms with Crippen LogP contribution in [0.25, 0.3) is 0 Å². The molecule has 0 saturated carbocycles. The zero-order valence-electron chi connectivity index (χ0n) is 22.4. The third kappa shape index (κ3) is 4.92. The summed E-state index contributed by atoms with van der Waals surface area (Å²) in [6.45, 7) is 8.50. The van der Waals surface area contributed by atoms with Gasteiger partial charge in [0.15, 0.2) is 11.6 Å². The number of ketones is 2. The molecule has 0 N–H and O–H groups in total. The molecule has 0 aromatic heterocycles. The van der Waals surface area contributed by atoms with E-state index in [1.807, 2.05) is 19.2 Å². The molecule has 0 atom stereocenters. The number of hydrogen-bond donors (Lipinski definition) is 0. The van der Waals surface area contributed by atoms with Crippen LogP contribution in [-0.2, 0) is 16.2 Å². The zero-order chi connectivity index (χ0) is 27.6. The van der Waals surface area contributed by atoms with E-state index in [0.717, 1.165) is 34.3 Å². The quantitative estimate of drug-likeness (QED) is 0.336. The van der Waals surface area contributed by atoms with Crippen LogP contribution in [0.2, 0.25) is 0 Å². The van der Waals surface area contributed by atoms with Crippen molar-refractivity contribution in [1.82, 2.24) is 4.90 Å². The second-order valence-corrected chi connectivity index (χ2v) is 14.1. The Balaban J connectivity index is 1.72. The SMILES string of the molecule is CN1C2=C(C(=O)CC(C)(C)C2)C(c2cc(Br)cc(Br)c2OCc2ccccc2F)C2=C1CC(C)(C)CC2=O. The van der Waals surface area contributed by atoms with Gasteiger partial charge in [-0.15, -0.1) is 0 Å². The van der Waals surface area contributed by atoms with Crippen molar-refractivity contribution in [3.63, 3.8) is 0 Å². The highest BCUT2D eigenvalue weighted by Crippen LogP contribution is 2.56. The summed E-state index contributed by atoms with van der Waals surface area (Å²) in [6.07, 6.45) is 2.32. The second kappa shape index (κ2) is 9.74. The number of allylic oxidation sites excluding steroid dienone is 4. The number of rotatable bonds is 4. The molecule has 0 saturated heterocycles. The molecule has 0 bridgehead atoms. The Bertz CT molecular complexity index is 1370. The Labute approximate surface area is 240 Å². The molecule has 0 radical (unpaired) electrons. The topological polar surface area (TPSA) is 46.6 Å². The summed E-state index contributed by atoms with van der Waals surface area (Å²) in [5.74, 6) is -0.249. The van der Waals surface area contributed by atoms with Gasteiger partial charge in [0.2, 0.25) is 0 Å². The van der Waals surface area contributed by atoms with Gasteiger partial charge in [-0.05, 0) is 57.8 Å². The van der Waals surface area contributed by atoms with Gasteiger partial charge in [-0.2, -0.15) is 0 Å². The first-order valence-corrected chi connectivity index (χ1v) is 14.5. The molecule has 200 valence electrons. The van der Waals surface area contributed by atoms with Gasteiger partial charge in [0.25, 0.3) is 0 Å². The maximum atomic E-state index is 14.4. The van der Waals surface area contributed by atoms with Gasteiger partial charge in [0.05, 0.1) is 4.47 Å². The van der Waals surface area contributed by atoms with E-state index in [9.17, 15) is 14.0 Å². The van der Waals surface area contributed by atoms with Gasteiger partial charge in [-0.25, -0.2) is 4.39 Å². The van der Waals surface area contributed by atoms with Crippen molar-refractivity contribution in [3.05, 3.63) is 84.8 Å². The van der Waals surface area contributed by atoms with Crippen LogP contribution in [0.1, 0.15) is 70.4 Å². The summed E-state index contributed by atoms with van der Waals surface area (Å²) in [6, 6.07) is 10.3. The predicted molar refractivity (Wildman–Crippen MR) is 153 cm³/mol. The first kappa shape index (κ1) is 27.3. The van der Waals surface area contributed by atoms with Crippen LogP contribution in [0.4, 0.5) is 4.39 Å². The van der Waals surface area contributed by atoms with Crippen molar-refractivity contribution in [2.24, 2.45) is 10.8 Å². The Morgan fingerprint density at radius 1 is 0.921 bits per heavy atom. The van der Waals surface area contributed by atoms with E-state index in [1.165, 1.54) is 6.07 Å². The van der Waals surface area contributed by atoms with Crippen molar-refractivity contribution >= 4 is 43.4 Å². The van der Waals surface area contributed by atoms with E-state index in [4.69, 9.17) is 4.74 Å². The Morgan fingerprint density at radius 3 is 2.03 bits per heavy atom. The summed E-state index contributed by atoms with van der Waals surface area (Å²) >= 11 is 7.27. The van der Waals surface area contributed by atoms with Crippen LogP contribution in [0, 0.1) is 16.6 Å². The summed E-state index contributed by atoms with van der Waals surface area (Å²) < 4.78 is 22.2. The predicted octanol–water partition coefficient (Wildman–Crippen LogP) is 8.25. The van der Waals surface area contributed by atoms with Crippen LogP contribution in [0.15, 0.2) is 67.9 Å². The molecule has 0 unspecified atom stereocenters. The third-order valence-corrected chi connectivity index (χ3v) is 8.90. The Morgan fingerprint density at radius 2 is 1.47 bits per heavy atom. The maximum Gasteiger partial charge on any atom is 0.162 e. The Hall–Kier alpha value is -2.25. The van der Waals surface area contributed by atoms with Crippen molar-refractivity contribution < 1.29 is 18.7 Å². The first-order chi connectivity index (χ1) is 17.8. The van der Waals surface area contributed by atoms with Gasteiger partial charge < -0.3 is 9.64 Å². The normalized spacial score (nSPS) is 21.0. The number of carbonyl (C=O) groups excluding carboxylic acids is 2. The zero-order valence-corrected chi connectivity index (χ0v) is 25.6. The molecule has 38 heavy (non-hydrogen) atoms. The Kier molecular flexibility index (Phi) is 7.00. The molecule has 0 amide bonds. The number of halogens is 3. The fraction of sp³-hybridized carbons (Fsp3) is 0.419. The molecule has 1 heterocycles. The van der Waals surface area contributed by atoms with Crippen LogP contribution < -0.4 is 4.74 Å². The van der Waals surface area contributed by atoms with Gasteiger partial charge >= 0.3 is 0 Å². The minimum absolute atomic E-state index is 0.0201. The maximum absolute atomic E-state index is 14.4. The molecule has 2 aliphatic carbocycles. The molecule has 4 nitrogen and oxygen atoms in total. The summed E-state index contributed by atoms with van der Waals surface area (Å²) in [5, 5.41) is 0. The highest BCUT2D eigenvalue weighted by Gasteiger charge is 2.49. The van der Waals surface area contributed by atoms with E-state index in [2.05, 4.69) is 64.5 Å². The van der Waals surface area contributed by atoms with Gasteiger partial charge in [0, 0.05) is 63.9 Å². The van der Waals surface area contributed by atoms with Crippen LogP contribution in [0.5, 0.6) is 5.75 Å². The molecule has 0 fully saturated rings. The molecule has 0 spiro atoms. The summed E-state index contributed by atoms with van der Waals surface area (Å²) in [7, 11) is 2.00. The van der Waals surface area contributed by atoms with E-state index < -0.39 is 5.92 Å². The van der Waals surface area contributed by atoms with Crippen molar-refractivity contribution in [3.8, 4) is 5.75 Å². The van der Waals surface area contributed by atoms with Crippen molar-refractivity contribution in [2.45, 2.75) is 65.9 Å². The van der Waals surface area contributed by atoms with Crippen LogP contribution in [0.3, 0.4) is 0 Å². The molecule has 3 aliphatic rings. The van der Waals surface area contributed by atoms with E-state index in [0.29, 0.717) is 39.8 Å². The number of carbonyl (C=O) groups is 2. The molecule has 1 aliphatic heterocycles. The number of ether oxygens (including phenoxy) is 1. The fourth-order valence-electron chi connectivity index (χ4n) is 6.19. The number of Topliss-reactive ketones (excluding diaryl/α,β-unsaturated/α-hetero) is 2. The van der Waals surface area contributed by atoms with Crippen molar-refractivity contribution in [2.75, 3.05) is 7.05 Å². The molecule has 2 aromatic rings. The van der Waals surface area contributed by atoms with Crippen LogP contribution in [-0.4, -0.2) is 23.5 Å². The molecular weight excluding hydrogens is 613 g/mol. The molecule has 2 aromatic carbocycles. The lowest BCUT2D eigenvalue weighted by Crippen LogP contribution is -2.43. The van der Waals surface area contributed by atoms with Gasteiger partial charge in [0.1, 0.15) is 18.2 Å². The lowest BCUT2D eigenvalue weighted by molar-refractivity contribution is -0.119. The highest BCUT2D eigenvalue weighted by molar-refractivity contribution is 9.11. The van der Waals surface area contributed by atoms with Crippen LogP contribution >= 0.6 is 31.9 Å². The highest BCUT2D eigenvalue weighted by atomic mass is 79.9. The second-order valence-electron chi connectivity index (χ2n) is 12.3. The minimum Gasteiger partial charge on any atom is -0.487 e. The lowest BCUT2D eigenvalue weighted by Gasteiger charge is -2.48. The average molecular weight is 645 g/mol. The number of hydrogen-bond acceptors (Lipinski definition) is 4. The first-order valence-electron chi connectivity index (χ1n) is 12.9. The minimum atomic E-state index is -0.548. The largest absolute Gasteiger partial charge is 0.487 e. The monoisotopic (exact) mass is 643 g/mol. The average Bonchev–Trinajstić information content (AvgIpc) is 2.79. The third-order valence-electron chi connectivity index (χ3n) is 7.86. The number of benzene rings is 2. The van der Waals surface area contributed by atoms with Gasteiger partial charge in [-0.3, -0.25) is 9.59 Å². The molecule has 5 rings (SSSR count). The smallest absolute Gasteiger partial charge is 0.162 e. The van der Waals surface area contributed by atoms with E-state index in [1.54, 1.807) is 18.2 Å². The van der Waals surface area contributed by atoms with Gasteiger partial charge in [-0.1, -0.05) is 61.8 Å². The number of nitrogens with zero attached hydrogens (tertiary/aromatic N) is 1. The van der Waals surface area contributed by atoms with E-state index >= 15 is 0 Å². The standard InChI is InChI=1S/C31H32Br2FNO3/c1-30(2)12-22-27(24(36)14-30)26(28-23(35(22)5)13-31(3,4)15-25(28)37)19-10-18(32)11-20(33)29(19)38-16-17-8-6-7-9-21(17)34/h6-11,26H,12-16H2,1-5H3. The fourth-order valence-corrected chi connectivity index (χ4v) is 7.56. The molecular formula is C31H32Br2FNO3.